The first kappa shape index (κ1) is 20.1. The number of fused-ring (bicyclic) bond motifs is 1. The van der Waals surface area contributed by atoms with Gasteiger partial charge in [0.2, 0.25) is 5.28 Å². The summed E-state index contributed by atoms with van der Waals surface area (Å²) in [6, 6.07) is 6.92. The summed E-state index contributed by atoms with van der Waals surface area (Å²) in [5, 5.41) is 1.18. The van der Waals surface area contributed by atoms with E-state index in [0.29, 0.717) is 17.8 Å². The Kier molecular flexibility index (Phi) is 5.40. The second-order valence-corrected chi connectivity index (χ2v) is 8.71. The quantitative estimate of drug-likeness (QED) is 0.383. The SMILES string of the molecule is CC(c1nc(-c2cnc(Cl)nc2)c[nH]1)C1CCC(c2ccnc3ccc(F)cc23)CC1. The van der Waals surface area contributed by atoms with E-state index in [4.69, 9.17) is 16.6 Å². The Morgan fingerprint density at radius 1 is 1.06 bits per heavy atom. The second-order valence-electron chi connectivity index (χ2n) is 8.37. The molecule has 3 aromatic heterocycles. The Balaban J connectivity index is 1.29. The molecule has 1 N–H and O–H groups in total. The molecule has 1 fully saturated rings. The monoisotopic (exact) mass is 435 g/mol. The van der Waals surface area contributed by atoms with Gasteiger partial charge in [-0.3, -0.25) is 4.98 Å². The predicted molar refractivity (Wildman–Crippen MR) is 119 cm³/mol. The lowest BCUT2D eigenvalue weighted by Crippen LogP contribution is -2.19. The summed E-state index contributed by atoms with van der Waals surface area (Å²) in [6.45, 7) is 2.24. The van der Waals surface area contributed by atoms with Crippen molar-refractivity contribution in [1.29, 1.82) is 0 Å². The molecule has 7 heteroatoms. The van der Waals surface area contributed by atoms with Crippen LogP contribution in [-0.2, 0) is 0 Å². The minimum absolute atomic E-state index is 0.205. The lowest BCUT2D eigenvalue weighted by molar-refractivity contribution is 0.286. The van der Waals surface area contributed by atoms with Crippen LogP contribution >= 0.6 is 11.6 Å². The van der Waals surface area contributed by atoms with Crippen LogP contribution in [0.2, 0.25) is 5.28 Å². The van der Waals surface area contributed by atoms with Crippen molar-refractivity contribution in [3.63, 3.8) is 0 Å². The molecule has 1 aliphatic carbocycles. The minimum atomic E-state index is -0.205. The summed E-state index contributed by atoms with van der Waals surface area (Å²) >= 11 is 5.78. The highest BCUT2D eigenvalue weighted by molar-refractivity contribution is 6.28. The first-order chi connectivity index (χ1) is 15.1. The molecule has 0 spiro atoms. The highest BCUT2D eigenvalue weighted by Gasteiger charge is 2.29. The predicted octanol–water partition coefficient (Wildman–Crippen LogP) is 6.28. The molecule has 0 saturated heterocycles. The number of hydrogen-bond donors (Lipinski definition) is 1. The average molecular weight is 436 g/mol. The lowest BCUT2D eigenvalue weighted by atomic mass is 9.73. The Morgan fingerprint density at radius 2 is 1.84 bits per heavy atom. The number of H-pyrrole nitrogens is 1. The van der Waals surface area contributed by atoms with Gasteiger partial charge in [-0.2, -0.15) is 0 Å². The number of aromatic amines is 1. The molecule has 0 bridgehead atoms. The maximum absolute atomic E-state index is 13.8. The molecule has 5 rings (SSSR count). The van der Waals surface area contributed by atoms with Crippen LogP contribution in [0.4, 0.5) is 4.39 Å². The largest absolute Gasteiger partial charge is 0.348 e. The molecule has 1 aromatic carbocycles. The van der Waals surface area contributed by atoms with Gasteiger partial charge >= 0.3 is 0 Å². The number of pyridine rings is 1. The number of hydrogen-bond acceptors (Lipinski definition) is 4. The van der Waals surface area contributed by atoms with Crippen LogP contribution in [0, 0.1) is 11.7 Å². The fraction of sp³-hybridized carbons (Fsp3) is 0.333. The van der Waals surface area contributed by atoms with E-state index in [1.807, 2.05) is 12.4 Å². The van der Waals surface area contributed by atoms with Crippen LogP contribution in [0.5, 0.6) is 0 Å². The van der Waals surface area contributed by atoms with E-state index in [-0.39, 0.29) is 11.1 Å². The van der Waals surface area contributed by atoms with E-state index in [2.05, 4.69) is 32.9 Å². The molecule has 1 atom stereocenters. The lowest BCUT2D eigenvalue weighted by Gasteiger charge is -2.32. The van der Waals surface area contributed by atoms with E-state index in [1.54, 1.807) is 24.5 Å². The first-order valence-corrected chi connectivity index (χ1v) is 11.0. The normalized spacial score (nSPS) is 20.1. The van der Waals surface area contributed by atoms with E-state index in [0.717, 1.165) is 53.7 Å². The van der Waals surface area contributed by atoms with Crippen LogP contribution in [-0.4, -0.2) is 24.9 Å². The summed E-state index contributed by atoms with van der Waals surface area (Å²) in [5.74, 6) is 2.11. The highest BCUT2D eigenvalue weighted by Crippen LogP contribution is 2.42. The van der Waals surface area contributed by atoms with Crippen molar-refractivity contribution in [1.82, 2.24) is 24.9 Å². The van der Waals surface area contributed by atoms with Gasteiger partial charge in [0.25, 0.3) is 0 Å². The molecule has 1 aliphatic rings. The van der Waals surface area contributed by atoms with Gasteiger partial charge in [0.1, 0.15) is 11.6 Å². The van der Waals surface area contributed by atoms with E-state index in [9.17, 15) is 4.39 Å². The number of nitrogens with zero attached hydrogens (tertiary/aromatic N) is 4. The molecule has 1 saturated carbocycles. The first-order valence-electron chi connectivity index (χ1n) is 10.7. The summed E-state index contributed by atoms with van der Waals surface area (Å²) in [5.41, 5.74) is 3.76. The van der Waals surface area contributed by atoms with Crippen molar-refractivity contribution in [3.8, 4) is 11.3 Å². The highest BCUT2D eigenvalue weighted by atomic mass is 35.5. The molecule has 5 nitrogen and oxygen atoms in total. The van der Waals surface area contributed by atoms with Gasteiger partial charge < -0.3 is 4.98 Å². The van der Waals surface area contributed by atoms with Gasteiger partial charge in [-0.15, -0.1) is 0 Å². The van der Waals surface area contributed by atoms with Crippen LogP contribution in [0.3, 0.4) is 0 Å². The number of imidazole rings is 1. The van der Waals surface area contributed by atoms with Gasteiger partial charge in [0.15, 0.2) is 0 Å². The zero-order valence-electron chi connectivity index (χ0n) is 17.2. The molecule has 1 unspecified atom stereocenters. The number of benzene rings is 1. The summed E-state index contributed by atoms with van der Waals surface area (Å²) in [4.78, 5) is 20.6. The van der Waals surface area contributed by atoms with Gasteiger partial charge in [-0.1, -0.05) is 6.92 Å². The zero-order chi connectivity index (χ0) is 21.4. The van der Waals surface area contributed by atoms with Crippen molar-refractivity contribution in [3.05, 3.63) is 71.5 Å². The number of aromatic nitrogens is 5. The average Bonchev–Trinajstić information content (AvgIpc) is 3.29. The third-order valence-corrected chi connectivity index (χ3v) is 6.80. The minimum Gasteiger partial charge on any atom is -0.348 e. The van der Waals surface area contributed by atoms with Gasteiger partial charge in [-0.05, 0) is 78.9 Å². The Labute approximate surface area is 185 Å². The maximum Gasteiger partial charge on any atom is 0.222 e. The molecule has 4 aromatic rings. The van der Waals surface area contributed by atoms with E-state index < -0.39 is 0 Å². The molecule has 0 aliphatic heterocycles. The van der Waals surface area contributed by atoms with Crippen LogP contribution in [0.15, 0.2) is 49.1 Å². The molecular formula is C24H23ClFN5. The molecular weight excluding hydrogens is 413 g/mol. The molecule has 31 heavy (non-hydrogen) atoms. The van der Waals surface area contributed by atoms with Crippen LogP contribution < -0.4 is 0 Å². The van der Waals surface area contributed by atoms with Crippen molar-refractivity contribution < 1.29 is 4.39 Å². The summed E-state index contributed by atoms with van der Waals surface area (Å²) < 4.78 is 13.8. The van der Waals surface area contributed by atoms with Crippen LogP contribution in [0.1, 0.15) is 55.8 Å². The molecule has 3 heterocycles. The summed E-state index contributed by atoms with van der Waals surface area (Å²) in [6.07, 6.45) is 11.5. The number of halogens is 2. The summed E-state index contributed by atoms with van der Waals surface area (Å²) in [7, 11) is 0. The number of rotatable bonds is 4. The number of nitrogens with one attached hydrogen (secondary N) is 1. The zero-order valence-corrected chi connectivity index (χ0v) is 18.0. The van der Waals surface area contributed by atoms with Crippen LogP contribution in [0.25, 0.3) is 22.2 Å². The van der Waals surface area contributed by atoms with E-state index >= 15 is 0 Å². The fourth-order valence-electron chi connectivity index (χ4n) is 4.81. The molecule has 0 amide bonds. The Morgan fingerprint density at radius 3 is 2.61 bits per heavy atom. The Bertz CT molecular complexity index is 1200. The van der Waals surface area contributed by atoms with Crippen molar-refractivity contribution in [2.45, 2.75) is 44.4 Å². The van der Waals surface area contributed by atoms with Crippen molar-refractivity contribution in [2.24, 2.45) is 5.92 Å². The Hall–Kier alpha value is -2.86. The van der Waals surface area contributed by atoms with Crippen molar-refractivity contribution in [2.75, 3.05) is 0 Å². The van der Waals surface area contributed by atoms with Gasteiger partial charge in [0.05, 0.1) is 11.2 Å². The van der Waals surface area contributed by atoms with E-state index in [1.165, 1.54) is 11.6 Å². The third-order valence-electron chi connectivity index (χ3n) is 6.60. The fourth-order valence-corrected chi connectivity index (χ4v) is 4.91. The van der Waals surface area contributed by atoms with Gasteiger partial charge in [-0.25, -0.2) is 19.3 Å². The standard InChI is InChI=1S/C24H23ClFN5/c1-14(23-28-13-22(31-23)17-11-29-24(25)30-12-17)15-2-4-16(5-3-15)19-8-9-27-21-7-6-18(26)10-20(19)21/h6-16H,2-5H2,1H3,(H,28,31). The van der Waals surface area contributed by atoms with Crippen molar-refractivity contribution >= 4 is 22.5 Å². The molecule has 0 radical (unpaired) electrons. The third kappa shape index (κ3) is 4.04. The second kappa shape index (κ2) is 8.35. The van der Waals surface area contributed by atoms with Gasteiger partial charge in [0, 0.05) is 41.7 Å². The molecule has 158 valence electrons. The smallest absolute Gasteiger partial charge is 0.222 e. The topological polar surface area (TPSA) is 67.3 Å². The maximum atomic E-state index is 13.8.